The second-order valence-corrected chi connectivity index (χ2v) is 7.97. The van der Waals surface area contributed by atoms with E-state index < -0.39 is 0 Å². The summed E-state index contributed by atoms with van der Waals surface area (Å²) in [6.07, 6.45) is 2.70. The number of aromatic nitrogens is 1. The van der Waals surface area contributed by atoms with Crippen LogP contribution in [0.3, 0.4) is 0 Å². The average Bonchev–Trinajstić information content (AvgIpc) is 3.19. The predicted molar refractivity (Wildman–Crippen MR) is 88.8 cm³/mol. The Morgan fingerprint density at radius 2 is 1.95 bits per heavy atom. The van der Waals surface area contributed by atoms with Crippen LogP contribution in [0.5, 0.6) is 0 Å². The van der Waals surface area contributed by atoms with Crippen molar-refractivity contribution < 1.29 is 0 Å². The van der Waals surface area contributed by atoms with Crippen LogP contribution in [0.25, 0.3) is 0 Å². The average molecular weight is 308 g/mol. The van der Waals surface area contributed by atoms with Gasteiger partial charge in [-0.2, -0.15) is 0 Å². The van der Waals surface area contributed by atoms with Gasteiger partial charge in [-0.1, -0.05) is 13.8 Å². The van der Waals surface area contributed by atoms with Crippen LogP contribution in [0, 0.1) is 0 Å². The van der Waals surface area contributed by atoms with E-state index in [9.17, 15) is 0 Å². The molecule has 1 saturated carbocycles. The molecule has 0 unspecified atom stereocenters. The third kappa shape index (κ3) is 4.25. The van der Waals surface area contributed by atoms with E-state index in [-0.39, 0.29) is 0 Å². The van der Waals surface area contributed by atoms with Gasteiger partial charge in [-0.3, -0.25) is 4.90 Å². The number of likely N-dealkylation sites (N-methyl/N-ethyl adjacent to an activating group) is 1. The summed E-state index contributed by atoms with van der Waals surface area (Å²) in [6, 6.07) is 0.771. The van der Waals surface area contributed by atoms with Crippen molar-refractivity contribution in [1.29, 1.82) is 0 Å². The zero-order valence-corrected chi connectivity index (χ0v) is 14.4. The van der Waals surface area contributed by atoms with Gasteiger partial charge in [0.1, 0.15) is 5.01 Å². The first kappa shape index (κ1) is 15.4. The van der Waals surface area contributed by atoms with Crippen LogP contribution in [0.2, 0.25) is 0 Å². The largest absolute Gasteiger partial charge is 0.309 e. The van der Waals surface area contributed by atoms with Gasteiger partial charge in [0.2, 0.25) is 0 Å². The number of piperazine rings is 1. The highest BCUT2D eigenvalue weighted by Gasteiger charge is 2.23. The highest BCUT2D eigenvalue weighted by Crippen LogP contribution is 2.28. The van der Waals surface area contributed by atoms with Crippen molar-refractivity contribution in [2.45, 2.75) is 51.7 Å². The van der Waals surface area contributed by atoms with Crippen LogP contribution in [-0.4, -0.2) is 54.1 Å². The first-order valence-electron chi connectivity index (χ1n) is 8.24. The molecule has 0 bridgehead atoms. The Labute approximate surface area is 132 Å². The number of hydrogen-bond donors (Lipinski definition) is 1. The first-order valence-corrected chi connectivity index (χ1v) is 9.06. The summed E-state index contributed by atoms with van der Waals surface area (Å²) in [5.41, 5.74) is 1.32. The van der Waals surface area contributed by atoms with Crippen LogP contribution in [-0.2, 0) is 13.1 Å². The van der Waals surface area contributed by atoms with Crippen LogP contribution in [0.15, 0.2) is 0 Å². The fourth-order valence-electron chi connectivity index (χ4n) is 2.78. The fraction of sp³-hybridized carbons (Fsp3) is 0.812. The van der Waals surface area contributed by atoms with Crippen molar-refractivity contribution in [2.75, 3.05) is 33.2 Å². The van der Waals surface area contributed by atoms with E-state index in [4.69, 9.17) is 4.98 Å². The topological polar surface area (TPSA) is 31.4 Å². The summed E-state index contributed by atoms with van der Waals surface area (Å²) in [5, 5.41) is 4.94. The standard InChI is InChI=1S/C16H28N4S/c1-12(2)16-14(10-17-13-4-5-13)21-15(18-16)11-20-8-6-19(3)7-9-20/h12-13,17H,4-11H2,1-3H3. The molecule has 0 amide bonds. The minimum atomic E-state index is 0.526. The Balaban J connectivity index is 1.62. The van der Waals surface area contributed by atoms with Gasteiger partial charge in [0.05, 0.1) is 12.2 Å². The summed E-state index contributed by atoms with van der Waals surface area (Å²) >= 11 is 1.92. The molecule has 1 N–H and O–H groups in total. The Bertz CT molecular complexity index is 459. The molecule has 2 heterocycles. The van der Waals surface area contributed by atoms with Crippen molar-refractivity contribution in [3.63, 3.8) is 0 Å². The first-order chi connectivity index (χ1) is 10.1. The lowest BCUT2D eigenvalue weighted by atomic mass is 10.1. The van der Waals surface area contributed by atoms with Crippen molar-refractivity contribution >= 4 is 11.3 Å². The number of hydrogen-bond acceptors (Lipinski definition) is 5. The molecule has 2 aliphatic rings. The van der Waals surface area contributed by atoms with Gasteiger partial charge in [-0.15, -0.1) is 11.3 Å². The van der Waals surface area contributed by atoms with Crippen molar-refractivity contribution in [1.82, 2.24) is 20.1 Å². The van der Waals surface area contributed by atoms with Crippen molar-refractivity contribution in [3.05, 3.63) is 15.6 Å². The van der Waals surface area contributed by atoms with Gasteiger partial charge < -0.3 is 10.2 Å². The second-order valence-electron chi connectivity index (χ2n) is 6.81. The Kier molecular flexibility index (Phi) is 4.94. The highest BCUT2D eigenvalue weighted by molar-refractivity contribution is 7.11. The molecule has 5 heteroatoms. The minimum Gasteiger partial charge on any atom is -0.309 e. The normalized spacial score (nSPS) is 21.3. The number of thiazole rings is 1. The summed E-state index contributed by atoms with van der Waals surface area (Å²) in [7, 11) is 2.21. The minimum absolute atomic E-state index is 0.526. The molecule has 1 aromatic rings. The van der Waals surface area contributed by atoms with Gasteiger partial charge in [-0.05, 0) is 25.8 Å². The SMILES string of the molecule is CC(C)c1nc(CN2CCN(C)CC2)sc1CNC1CC1. The summed E-state index contributed by atoms with van der Waals surface area (Å²) in [5.74, 6) is 0.526. The molecule has 0 radical (unpaired) electrons. The Morgan fingerprint density at radius 3 is 2.57 bits per heavy atom. The molecule has 3 rings (SSSR count). The molecule has 1 saturated heterocycles. The van der Waals surface area contributed by atoms with Gasteiger partial charge in [-0.25, -0.2) is 4.98 Å². The fourth-order valence-corrected chi connectivity index (χ4v) is 4.00. The molecule has 2 fully saturated rings. The van der Waals surface area contributed by atoms with Crippen LogP contribution >= 0.6 is 11.3 Å². The third-order valence-electron chi connectivity index (χ3n) is 4.40. The molecule has 0 atom stereocenters. The lowest BCUT2D eigenvalue weighted by Gasteiger charge is -2.31. The van der Waals surface area contributed by atoms with Crippen LogP contribution in [0.1, 0.15) is 48.2 Å². The molecule has 1 aliphatic heterocycles. The summed E-state index contributed by atoms with van der Waals surface area (Å²) in [4.78, 5) is 11.4. The van der Waals surface area contributed by atoms with Gasteiger partial charge in [0.15, 0.2) is 0 Å². The smallest absolute Gasteiger partial charge is 0.107 e. The van der Waals surface area contributed by atoms with Crippen molar-refractivity contribution in [2.24, 2.45) is 0 Å². The van der Waals surface area contributed by atoms with Gasteiger partial charge >= 0.3 is 0 Å². The second kappa shape index (κ2) is 6.73. The maximum Gasteiger partial charge on any atom is 0.107 e. The predicted octanol–water partition coefficient (Wildman–Crippen LogP) is 2.27. The summed E-state index contributed by atoms with van der Waals surface area (Å²) in [6.45, 7) is 11.3. The van der Waals surface area contributed by atoms with Crippen molar-refractivity contribution in [3.8, 4) is 0 Å². The van der Waals surface area contributed by atoms with E-state index >= 15 is 0 Å². The Hall–Kier alpha value is -0.490. The molecule has 4 nitrogen and oxygen atoms in total. The summed E-state index contributed by atoms with van der Waals surface area (Å²) < 4.78 is 0. The molecule has 0 aromatic carbocycles. The molecule has 1 aromatic heterocycles. The molecular weight excluding hydrogens is 280 g/mol. The van der Waals surface area contributed by atoms with Crippen LogP contribution < -0.4 is 5.32 Å². The number of nitrogens with one attached hydrogen (secondary N) is 1. The van der Waals surface area contributed by atoms with Gasteiger partial charge in [0, 0.05) is 43.6 Å². The zero-order valence-electron chi connectivity index (χ0n) is 13.6. The Morgan fingerprint density at radius 1 is 1.24 bits per heavy atom. The maximum absolute atomic E-state index is 4.94. The molecule has 0 spiro atoms. The van der Waals surface area contributed by atoms with Gasteiger partial charge in [0.25, 0.3) is 0 Å². The molecule has 1 aliphatic carbocycles. The number of nitrogens with zero attached hydrogens (tertiary/aromatic N) is 3. The van der Waals surface area contributed by atoms with Crippen LogP contribution in [0.4, 0.5) is 0 Å². The molecule has 118 valence electrons. The van der Waals surface area contributed by atoms with E-state index in [1.807, 2.05) is 11.3 Å². The number of rotatable bonds is 6. The van der Waals surface area contributed by atoms with E-state index in [1.54, 1.807) is 0 Å². The van der Waals surface area contributed by atoms with E-state index in [0.29, 0.717) is 5.92 Å². The quantitative estimate of drug-likeness (QED) is 0.873. The molecular formula is C16H28N4S. The van der Waals surface area contributed by atoms with E-state index in [1.165, 1.54) is 54.6 Å². The third-order valence-corrected chi connectivity index (χ3v) is 5.46. The maximum atomic E-state index is 4.94. The van der Waals surface area contributed by atoms with E-state index in [2.05, 4.69) is 36.0 Å². The highest BCUT2D eigenvalue weighted by atomic mass is 32.1. The molecule has 21 heavy (non-hydrogen) atoms. The monoisotopic (exact) mass is 308 g/mol. The lowest BCUT2D eigenvalue weighted by molar-refractivity contribution is 0.148. The lowest BCUT2D eigenvalue weighted by Crippen LogP contribution is -2.43. The zero-order chi connectivity index (χ0) is 14.8. The van der Waals surface area contributed by atoms with E-state index in [0.717, 1.165) is 19.1 Å².